The van der Waals surface area contributed by atoms with Gasteiger partial charge in [0, 0.05) is 9.37 Å². The van der Waals surface area contributed by atoms with E-state index in [4.69, 9.17) is 0 Å². The molecule has 0 radical (unpaired) electrons. The van der Waals surface area contributed by atoms with Gasteiger partial charge in [0.15, 0.2) is 0 Å². The molecule has 0 bridgehead atoms. The minimum atomic E-state index is -0.0591. The summed E-state index contributed by atoms with van der Waals surface area (Å²) in [5.74, 6) is 0.305. The summed E-state index contributed by atoms with van der Waals surface area (Å²) in [6, 6.07) is 6.03. The van der Waals surface area contributed by atoms with Gasteiger partial charge in [0.2, 0.25) is 11.0 Å². The maximum Gasteiger partial charge on any atom is 0.236 e. The number of benzene rings is 1. The Bertz CT molecular complexity index is 615. The summed E-state index contributed by atoms with van der Waals surface area (Å²) < 4.78 is 1.05. The van der Waals surface area contributed by atoms with Crippen molar-refractivity contribution >= 4 is 50.1 Å². The molecule has 0 atom stereocenters. The molecule has 106 valence electrons. The number of aryl methyl sites for hydroxylation is 2. The van der Waals surface area contributed by atoms with E-state index < -0.39 is 0 Å². The molecule has 20 heavy (non-hydrogen) atoms. The summed E-state index contributed by atoms with van der Waals surface area (Å²) in [4.78, 5) is 13.0. The lowest BCUT2D eigenvalue weighted by atomic mass is 10.2. The number of anilines is 1. The number of nitrogens with zero attached hydrogens (tertiary/aromatic N) is 2. The number of hydrogen-bond donors (Lipinski definition) is 1. The third-order valence-electron chi connectivity index (χ3n) is 2.51. The van der Waals surface area contributed by atoms with E-state index >= 15 is 0 Å². The van der Waals surface area contributed by atoms with Crippen molar-refractivity contribution in [2.24, 2.45) is 0 Å². The Labute approximate surface area is 134 Å². The van der Waals surface area contributed by atoms with Crippen LogP contribution in [-0.2, 0) is 11.2 Å². The van der Waals surface area contributed by atoms with Crippen LogP contribution in [0.2, 0.25) is 0 Å². The number of halogens is 1. The lowest BCUT2D eigenvalue weighted by Gasteiger charge is -2.05. The van der Waals surface area contributed by atoms with Gasteiger partial charge in [0.25, 0.3) is 0 Å². The zero-order chi connectivity index (χ0) is 14.5. The first kappa shape index (κ1) is 15.5. The third-order valence-corrected chi connectivity index (χ3v) is 5.16. The van der Waals surface area contributed by atoms with E-state index in [9.17, 15) is 4.79 Å². The van der Waals surface area contributed by atoms with Crippen LogP contribution in [0.3, 0.4) is 0 Å². The van der Waals surface area contributed by atoms with Crippen LogP contribution in [0.1, 0.15) is 17.5 Å². The summed E-state index contributed by atoms with van der Waals surface area (Å²) in [5, 5.41) is 12.2. The van der Waals surface area contributed by atoms with Crippen molar-refractivity contribution in [1.82, 2.24) is 10.2 Å². The molecule has 0 aliphatic rings. The van der Waals surface area contributed by atoms with Gasteiger partial charge in [0.05, 0.1) is 5.75 Å². The molecule has 0 aliphatic carbocycles. The predicted molar refractivity (Wildman–Crippen MR) is 87.5 cm³/mol. The van der Waals surface area contributed by atoms with Crippen LogP contribution in [0.5, 0.6) is 0 Å². The fourth-order valence-corrected chi connectivity index (χ4v) is 3.50. The standard InChI is InChI=1S/C13H14BrN3OS2/c1-3-12-16-17-13(20-12)15-11(18)7-19-10-5-4-9(14)6-8(10)2/h4-6H,3,7H2,1-2H3,(H,15,17,18). The van der Waals surface area contributed by atoms with Gasteiger partial charge < -0.3 is 0 Å². The number of rotatable bonds is 5. The Hall–Kier alpha value is -0.920. The molecule has 0 aliphatic heterocycles. The largest absolute Gasteiger partial charge is 0.300 e. The number of aromatic nitrogens is 2. The molecule has 0 spiro atoms. The van der Waals surface area contributed by atoms with Crippen LogP contribution < -0.4 is 5.32 Å². The highest BCUT2D eigenvalue weighted by atomic mass is 79.9. The lowest BCUT2D eigenvalue weighted by Crippen LogP contribution is -2.13. The molecule has 0 fully saturated rings. The van der Waals surface area contributed by atoms with Gasteiger partial charge in [-0.1, -0.05) is 34.2 Å². The van der Waals surface area contributed by atoms with Crippen LogP contribution >= 0.6 is 39.0 Å². The smallest absolute Gasteiger partial charge is 0.236 e. The van der Waals surface area contributed by atoms with Gasteiger partial charge >= 0.3 is 0 Å². The van der Waals surface area contributed by atoms with Gasteiger partial charge in [-0.05, 0) is 37.1 Å². The maximum atomic E-state index is 11.9. The predicted octanol–water partition coefficient (Wildman–Crippen LogP) is 3.90. The minimum absolute atomic E-state index is 0.0591. The van der Waals surface area contributed by atoms with E-state index in [1.807, 2.05) is 32.0 Å². The van der Waals surface area contributed by atoms with Crippen molar-refractivity contribution in [3.8, 4) is 0 Å². The SMILES string of the molecule is CCc1nnc(NC(=O)CSc2ccc(Br)cc2C)s1. The normalized spacial score (nSPS) is 10.6. The quantitative estimate of drug-likeness (QED) is 0.809. The Balaban J connectivity index is 1.88. The molecule has 1 aromatic heterocycles. The zero-order valence-electron chi connectivity index (χ0n) is 11.1. The van der Waals surface area contributed by atoms with Crippen molar-refractivity contribution in [3.63, 3.8) is 0 Å². The van der Waals surface area contributed by atoms with E-state index in [-0.39, 0.29) is 5.91 Å². The Morgan fingerprint density at radius 1 is 1.45 bits per heavy atom. The fourth-order valence-electron chi connectivity index (χ4n) is 1.52. The Kier molecular flexibility index (Phi) is 5.56. The summed E-state index contributed by atoms with van der Waals surface area (Å²) in [6.45, 7) is 4.04. The highest BCUT2D eigenvalue weighted by molar-refractivity contribution is 9.10. The van der Waals surface area contributed by atoms with E-state index in [1.165, 1.54) is 23.1 Å². The summed E-state index contributed by atoms with van der Waals surface area (Å²) in [5.41, 5.74) is 1.15. The average Bonchev–Trinajstić information content (AvgIpc) is 2.85. The van der Waals surface area contributed by atoms with Gasteiger partial charge in [-0.3, -0.25) is 10.1 Å². The molecule has 1 N–H and O–H groups in total. The summed E-state index contributed by atoms with van der Waals surface area (Å²) in [6.07, 6.45) is 0.834. The van der Waals surface area contributed by atoms with Crippen molar-refractivity contribution < 1.29 is 4.79 Å². The van der Waals surface area contributed by atoms with Crippen LogP contribution in [0.4, 0.5) is 5.13 Å². The third kappa shape index (κ3) is 4.29. The number of thioether (sulfide) groups is 1. The van der Waals surface area contributed by atoms with Gasteiger partial charge in [-0.25, -0.2) is 0 Å². The average molecular weight is 372 g/mol. The topological polar surface area (TPSA) is 54.9 Å². The lowest BCUT2D eigenvalue weighted by molar-refractivity contribution is -0.113. The molecule has 1 heterocycles. The number of amides is 1. The van der Waals surface area contributed by atoms with Crippen LogP contribution in [-0.4, -0.2) is 21.9 Å². The molecule has 0 saturated carbocycles. The highest BCUT2D eigenvalue weighted by Crippen LogP contribution is 2.25. The van der Waals surface area contributed by atoms with Crippen LogP contribution in [0.25, 0.3) is 0 Å². The van der Waals surface area contributed by atoms with E-state index in [0.717, 1.165) is 26.4 Å². The highest BCUT2D eigenvalue weighted by Gasteiger charge is 2.09. The fraction of sp³-hybridized carbons (Fsp3) is 0.308. The van der Waals surface area contributed by atoms with Gasteiger partial charge in [-0.15, -0.1) is 22.0 Å². The molecule has 2 rings (SSSR count). The number of hydrogen-bond acceptors (Lipinski definition) is 5. The molecule has 4 nitrogen and oxygen atoms in total. The monoisotopic (exact) mass is 371 g/mol. The molecule has 1 aromatic carbocycles. The van der Waals surface area contributed by atoms with E-state index in [1.54, 1.807) is 0 Å². The first-order valence-electron chi connectivity index (χ1n) is 6.09. The van der Waals surface area contributed by atoms with Crippen LogP contribution in [0, 0.1) is 6.92 Å². The molecule has 0 unspecified atom stereocenters. The first-order valence-corrected chi connectivity index (χ1v) is 8.69. The molecule has 2 aromatic rings. The second-order valence-electron chi connectivity index (χ2n) is 4.10. The second-order valence-corrected chi connectivity index (χ2v) is 7.10. The van der Waals surface area contributed by atoms with Gasteiger partial charge in [0.1, 0.15) is 5.01 Å². The van der Waals surface area contributed by atoms with Crippen molar-refractivity contribution in [2.75, 3.05) is 11.1 Å². The first-order chi connectivity index (χ1) is 9.58. The van der Waals surface area contributed by atoms with E-state index in [0.29, 0.717) is 10.9 Å². The summed E-state index contributed by atoms with van der Waals surface area (Å²) in [7, 11) is 0. The molecule has 0 saturated heterocycles. The Morgan fingerprint density at radius 3 is 2.90 bits per heavy atom. The number of nitrogens with one attached hydrogen (secondary N) is 1. The molecule has 1 amide bonds. The molecular weight excluding hydrogens is 358 g/mol. The van der Waals surface area contributed by atoms with Crippen LogP contribution in [0.15, 0.2) is 27.6 Å². The summed E-state index contributed by atoms with van der Waals surface area (Å²) >= 11 is 6.36. The number of carbonyl (C=O) groups is 1. The second kappa shape index (κ2) is 7.19. The van der Waals surface area contributed by atoms with Gasteiger partial charge in [-0.2, -0.15) is 0 Å². The van der Waals surface area contributed by atoms with Crippen molar-refractivity contribution in [2.45, 2.75) is 25.2 Å². The maximum absolute atomic E-state index is 11.9. The molecule has 7 heteroatoms. The van der Waals surface area contributed by atoms with Crippen molar-refractivity contribution in [1.29, 1.82) is 0 Å². The minimum Gasteiger partial charge on any atom is -0.300 e. The zero-order valence-corrected chi connectivity index (χ0v) is 14.4. The van der Waals surface area contributed by atoms with E-state index in [2.05, 4.69) is 31.4 Å². The van der Waals surface area contributed by atoms with Crippen molar-refractivity contribution in [3.05, 3.63) is 33.2 Å². The molecular formula is C13H14BrN3OS2. The number of carbonyl (C=O) groups excluding carboxylic acids is 1. The Morgan fingerprint density at radius 2 is 2.25 bits per heavy atom.